The molecule has 3 aromatic carbocycles. The van der Waals surface area contributed by atoms with Crippen LogP contribution in [0.1, 0.15) is 18.1 Å². The first-order valence-electron chi connectivity index (χ1n) is 9.35. The van der Waals surface area contributed by atoms with E-state index in [0.717, 1.165) is 28.3 Å². The number of rotatable bonds is 5. The highest BCUT2D eigenvalue weighted by atomic mass is 16.5. The maximum absolute atomic E-state index is 12.5. The average molecular weight is 372 g/mol. The Kier molecular flexibility index (Phi) is 4.82. The van der Waals surface area contributed by atoms with E-state index in [1.54, 1.807) is 13.2 Å². The Bertz CT molecular complexity index is 1210. The minimum atomic E-state index is -0.340. The van der Waals surface area contributed by atoms with Crippen molar-refractivity contribution in [3.8, 4) is 11.5 Å². The van der Waals surface area contributed by atoms with Crippen LogP contribution in [0, 0.1) is 0 Å². The lowest BCUT2D eigenvalue weighted by Gasteiger charge is -2.13. The molecule has 0 N–H and O–H groups in total. The van der Waals surface area contributed by atoms with Gasteiger partial charge in [-0.25, -0.2) is 4.79 Å². The van der Waals surface area contributed by atoms with Gasteiger partial charge >= 0.3 is 5.63 Å². The Morgan fingerprint density at radius 3 is 2.36 bits per heavy atom. The largest absolute Gasteiger partial charge is 0.493 e. The molecule has 0 bridgehead atoms. The molecule has 0 atom stereocenters. The van der Waals surface area contributed by atoms with Gasteiger partial charge in [-0.05, 0) is 29.7 Å². The van der Waals surface area contributed by atoms with Crippen molar-refractivity contribution in [1.82, 2.24) is 0 Å². The van der Waals surface area contributed by atoms with Crippen molar-refractivity contribution in [3.63, 3.8) is 0 Å². The Hall–Kier alpha value is -3.21. The normalized spacial score (nSPS) is 11.1. The van der Waals surface area contributed by atoms with E-state index >= 15 is 0 Å². The molecule has 4 nitrogen and oxygen atoms in total. The number of fused-ring (bicyclic) bond motifs is 3. The molecule has 4 aromatic rings. The van der Waals surface area contributed by atoms with Gasteiger partial charge in [0.1, 0.15) is 20.0 Å². The molecular weight excluding hydrogens is 351 g/mol. The smallest absolute Gasteiger partial charge is 0.344 e. The van der Waals surface area contributed by atoms with Crippen LogP contribution >= 0.6 is 0 Å². The molecule has 0 radical (unpaired) electrons. The monoisotopic (exact) mass is 372 g/mol. The van der Waals surface area contributed by atoms with Crippen molar-refractivity contribution in [2.75, 3.05) is 7.11 Å². The molecule has 4 rings (SSSR count). The zero-order valence-electron chi connectivity index (χ0n) is 16.2. The third kappa shape index (κ3) is 3.36. The molecule has 0 aliphatic heterocycles. The van der Waals surface area contributed by atoms with E-state index < -0.39 is 0 Å². The standard InChI is InChI=1S/C23H21BO4/c1-3-14-6-9-17-18-11-21(26-2)22(12-20(18)28-23(25)19(17)10-14)27-13-15-4-7-16(24)8-5-15/h4-12H,3,13,24H2,1-2H3. The summed E-state index contributed by atoms with van der Waals surface area (Å²) in [6.07, 6.45) is 0.864. The SMILES string of the molecule is Bc1ccc(COc2cc3oc(=O)c4cc(CC)ccc4c3cc2OC)cc1. The summed E-state index contributed by atoms with van der Waals surface area (Å²) in [7, 11) is 3.66. The highest BCUT2D eigenvalue weighted by Gasteiger charge is 2.14. The number of methoxy groups -OCH3 is 1. The summed E-state index contributed by atoms with van der Waals surface area (Å²) in [5.41, 5.74) is 3.50. The second-order valence-corrected chi connectivity index (χ2v) is 6.90. The van der Waals surface area contributed by atoms with Gasteiger partial charge < -0.3 is 13.9 Å². The average Bonchev–Trinajstić information content (AvgIpc) is 2.72. The highest BCUT2D eigenvalue weighted by molar-refractivity contribution is 6.32. The van der Waals surface area contributed by atoms with Crippen molar-refractivity contribution in [1.29, 1.82) is 0 Å². The van der Waals surface area contributed by atoms with Crippen molar-refractivity contribution in [2.45, 2.75) is 20.0 Å². The number of hydrogen-bond acceptors (Lipinski definition) is 4. The molecule has 0 fully saturated rings. The summed E-state index contributed by atoms with van der Waals surface area (Å²) in [6.45, 7) is 2.46. The van der Waals surface area contributed by atoms with Crippen LogP contribution in [0.2, 0.25) is 0 Å². The Balaban J connectivity index is 1.79. The van der Waals surface area contributed by atoms with Gasteiger partial charge in [-0.2, -0.15) is 0 Å². The summed E-state index contributed by atoms with van der Waals surface area (Å²) < 4.78 is 17.1. The molecule has 0 aliphatic carbocycles. The summed E-state index contributed by atoms with van der Waals surface area (Å²) in [6, 6.07) is 17.7. The number of benzene rings is 3. The van der Waals surface area contributed by atoms with Gasteiger partial charge in [0.25, 0.3) is 0 Å². The lowest BCUT2D eigenvalue weighted by molar-refractivity contribution is 0.284. The van der Waals surface area contributed by atoms with Gasteiger partial charge in [0.2, 0.25) is 0 Å². The summed E-state index contributed by atoms with van der Waals surface area (Å²) in [5.74, 6) is 1.15. The third-order valence-corrected chi connectivity index (χ3v) is 4.99. The van der Waals surface area contributed by atoms with Crippen molar-refractivity contribution >= 4 is 35.1 Å². The Labute approximate surface area is 164 Å². The quantitative estimate of drug-likeness (QED) is 0.306. The minimum absolute atomic E-state index is 0.340. The van der Waals surface area contributed by atoms with E-state index in [-0.39, 0.29) is 5.63 Å². The minimum Gasteiger partial charge on any atom is -0.493 e. The van der Waals surface area contributed by atoms with Crippen LogP contribution < -0.4 is 20.6 Å². The molecule has 0 unspecified atom stereocenters. The second kappa shape index (κ2) is 7.43. The van der Waals surface area contributed by atoms with Crippen molar-refractivity contribution < 1.29 is 13.9 Å². The summed E-state index contributed by atoms with van der Waals surface area (Å²) in [5, 5.41) is 2.27. The van der Waals surface area contributed by atoms with E-state index in [0.29, 0.717) is 29.1 Å². The molecule has 1 aromatic heterocycles. The van der Waals surface area contributed by atoms with E-state index in [1.807, 2.05) is 56.4 Å². The van der Waals surface area contributed by atoms with E-state index in [1.165, 1.54) is 5.46 Å². The van der Waals surface area contributed by atoms with Crippen LogP contribution in [0.25, 0.3) is 21.7 Å². The molecule has 5 heteroatoms. The molecule has 0 saturated heterocycles. The predicted octanol–water partition coefficient (Wildman–Crippen LogP) is 3.35. The molecular formula is C23H21BO4. The van der Waals surface area contributed by atoms with Crippen LogP contribution in [0.3, 0.4) is 0 Å². The summed E-state index contributed by atoms with van der Waals surface area (Å²) >= 11 is 0. The van der Waals surface area contributed by atoms with Gasteiger partial charge in [0.05, 0.1) is 12.5 Å². The number of hydrogen-bond donors (Lipinski definition) is 0. The maximum atomic E-state index is 12.5. The first-order chi connectivity index (χ1) is 13.6. The van der Waals surface area contributed by atoms with Crippen LogP contribution in [-0.2, 0) is 13.0 Å². The number of aryl methyl sites for hydroxylation is 1. The summed E-state index contributed by atoms with van der Waals surface area (Å²) in [4.78, 5) is 12.5. The van der Waals surface area contributed by atoms with Gasteiger partial charge in [0.15, 0.2) is 11.5 Å². The fourth-order valence-corrected chi connectivity index (χ4v) is 3.32. The Morgan fingerprint density at radius 1 is 0.893 bits per heavy atom. The van der Waals surface area contributed by atoms with Crippen LogP contribution in [0.15, 0.2) is 63.8 Å². The first kappa shape index (κ1) is 18.2. The van der Waals surface area contributed by atoms with E-state index in [9.17, 15) is 4.79 Å². The molecule has 1 heterocycles. The van der Waals surface area contributed by atoms with Crippen molar-refractivity contribution in [3.05, 3.63) is 76.1 Å². The topological polar surface area (TPSA) is 48.7 Å². The molecule has 28 heavy (non-hydrogen) atoms. The molecule has 0 aliphatic rings. The van der Waals surface area contributed by atoms with Gasteiger partial charge in [-0.15, -0.1) is 0 Å². The molecule has 140 valence electrons. The van der Waals surface area contributed by atoms with Crippen LogP contribution in [-0.4, -0.2) is 15.0 Å². The zero-order chi connectivity index (χ0) is 19.7. The lowest BCUT2D eigenvalue weighted by atomic mass is 9.95. The third-order valence-electron chi connectivity index (χ3n) is 4.99. The van der Waals surface area contributed by atoms with E-state index in [4.69, 9.17) is 13.9 Å². The van der Waals surface area contributed by atoms with Crippen LogP contribution in [0.4, 0.5) is 0 Å². The maximum Gasteiger partial charge on any atom is 0.344 e. The predicted molar refractivity (Wildman–Crippen MR) is 115 cm³/mol. The van der Waals surface area contributed by atoms with Crippen molar-refractivity contribution in [2.24, 2.45) is 0 Å². The lowest BCUT2D eigenvalue weighted by Crippen LogP contribution is -2.04. The molecule has 0 spiro atoms. The van der Waals surface area contributed by atoms with Gasteiger partial charge in [0, 0.05) is 16.8 Å². The van der Waals surface area contributed by atoms with Gasteiger partial charge in [-0.3, -0.25) is 0 Å². The molecule has 0 amide bonds. The van der Waals surface area contributed by atoms with E-state index in [2.05, 4.69) is 6.92 Å². The molecule has 0 saturated carbocycles. The second-order valence-electron chi connectivity index (χ2n) is 6.90. The highest BCUT2D eigenvalue weighted by Crippen LogP contribution is 2.35. The van der Waals surface area contributed by atoms with Gasteiger partial charge in [-0.1, -0.05) is 48.8 Å². The first-order valence-corrected chi connectivity index (χ1v) is 9.35. The number of ether oxygens (including phenoxy) is 2. The Morgan fingerprint density at radius 2 is 1.64 bits per heavy atom. The zero-order valence-corrected chi connectivity index (χ0v) is 16.2. The fraction of sp³-hybridized carbons (Fsp3) is 0.174. The van der Waals surface area contributed by atoms with Crippen LogP contribution in [0.5, 0.6) is 11.5 Å². The fourth-order valence-electron chi connectivity index (χ4n) is 3.32.